The van der Waals surface area contributed by atoms with Crippen molar-refractivity contribution >= 4 is 39.5 Å². The number of hydrogen-bond acceptors (Lipinski definition) is 10. The zero-order valence-corrected chi connectivity index (χ0v) is 30.1. The molecule has 2 aliphatic rings. The van der Waals surface area contributed by atoms with E-state index < -0.39 is 11.4 Å². The third kappa shape index (κ3) is 6.61. The fourth-order valence-corrected chi connectivity index (χ4v) is 7.85. The van der Waals surface area contributed by atoms with Crippen molar-refractivity contribution in [2.45, 2.75) is 52.8 Å². The van der Waals surface area contributed by atoms with E-state index in [0.717, 1.165) is 75.0 Å². The van der Waals surface area contributed by atoms with E-state index in [0.29, 0.717) is 61.0 Å². The van der Waals surface area contributed by atoms with Crippen molar-refractivity contribution in [1.29, 1.82) is 5.26 Å². The van der Waals surface area contributed by atoms with Crippen molar-refractivity contribution in [3.8, 4) is 28.7 Å². The van der Waals surface area contributed by atoms with Gasteiger partial charge in [-0.25, -0.2) is 9.97 Å². The Hall–Kier alpha value is -5.67. The van der Waals surface area contributed by atoms with Crippen LogP contribution >= 0.6 is 0 Å². The second kappa shape index (κ2) is 13.7. The highest BCUT2D eigenvalue weighted by Gasteiger charge is 2.40. The Morgan fingerprint density at radius 1 is 1.00 bits per heavy atom. The van der Waals surface area contributed by atoms with Gasteiger partial charge >= 0.3 is 5.97 Å². The number of anilines is 2. The van der Waals surface area contributed by atoms with Crippen LogP contribution < -0.4 is 5.32 Å². The van der Waals surface area contributed by atoms with Gasteiger partial charge in [-0.05, 0) is 110 Å². The van der Waals surface area contributed by atoms with E-state index in [1.165, 1.54) is 0 Å². The number of nitriles is 1. The van der Waals surface area contributed by atoms with Gasteiger partial charge in [0, 0.05) is 61.8 Å². The Morgan fingerprint density at radius 2 is 1.77 bits per heavy atom. The summed E-state index contributed by atoms with van der Waals surface area (Å²) in [4.78, 5) is 30.4. The van der Waals surface area contributed by atoms with Crippen molar-refractivity contribution in [3.63, 3.8) is 0 Å². The molecular formula is C42H41N7O4. The number of hydrogen-bond donors (Lipinski definition) is 3. The number of carbonyl (C=O) groups is 1. The van der Waals surface area contributed by atoms with E-state index in [9.17, 15) is 20.3 Å². The van der Waals surface area contributed by atoms with E-state index in [2.05, 4.69) is 58.2 Å². The van der Waals surface area contributed by atoms with Gasteiger partial charge in [0.05, 0.1) is 17.1 Å². The summed E-state index contributed by atoms with van der Waals surface area (Å²) < 4.78 is 6.29. The van der Waals surface area contributed by atoms with E-state index in [1.54, 1.807) is 6.20 Å². The Bertz CT molecular complexity index is 2440. The second-order valence-electron chi connectivity index (χ2n) is 14.8. The van der Waals surface area contributed by atoms with Crippen LogP contribution in [0.25, 0.3) is 44.6 Å². The lowest BCUT2D eigenvalue weighted by Gasteiger charge is -2.20. The molecule has 11 heteroatoms. The molecule has 2 unspecified atom stereocenters. The second-order valence-corrected chi connectivity index (χ2v) is 14.8. The molecule has 3 N–H and O–H groups in total. The van der Waals surface area contributed by atoms with Gasteiger partial charge in [0.15, 0.2) is 11.4 Å². The van der Waals surface area contributed by atoms with Gasteiger partial charge in [0.25, 0.3) is 0 Å². The number of aromatic nitrogens is 3. The normalized spacial score (nSPS) is 19.3. The van der Waals surface area contributed by atoms with E-state index in [1.807, 2.05) is 55.6 Å². The molecule has 0 aliphatic carbocycles. The van der Waals surface area contributed by atoms with Crippen molar-refractivity contribution in [2.24, 2.45) is 5.41 Å². The average Bonchev–Trinajstić information content (AvgIpc) is 3.87. The molecule has 2 saturated heterocycles. The zero-order valence-electron chi connectivity index (χ0n) is 30.1. The number of likely N-dealkylation sites (tertiary alicyclic amines) is 2. The van der Waals surface area contributed by atoms with E-state index >= 15 is 0 Å². The molecule has 268 valence electrons. The number of fused-ring (bicyclic) bond motifs is 2. The minimum absolute atomic E-state index is 0.309. The summed E-state index contributed by atoms with van der Waals surface area (Å²) in [6, 6.07) is 22.4. The molecule has 2 aliphatic heterocycles. The van der Waals surface area contributed by atoms with Crippen LogP contribution in [0.1, 0.15) is 47.6 Å². The fourth-order valence-electron chi connectivity index (χ4n) is 7.85. The van der Waals surface area contributed by atoms with Crippen LogP contribution in [0, 0.1) is 30.6 Å². The smallest absolute Gasteiger partial charge is 0.310 e. The zero-order chi connectivity index (χ0) is 36.9. The summed E-state index contributed by atoms with van der Waals surface area (Å²) in [5.74, 6) is 0.367. The van der Waals surface area contributed by atoms with Gasteiger partial charge in [-0.15, -0.1) is 0 Å². The summed E-state index contributed by atoms with van der Waals surface area (Å²) in [5.41, 5.74) is 9.48. The standard InChI is InChI=1S/C42H41N7O4/c1-25-32(6-4-8-34(25)40-47-36-18-27(16-30(19-43)38(36)53-40)21-48-14-11-31(50)23-48)33-7-5-9-35(26(33)2)46-39-37-29(10-13-44-39)17-28(20-45-37)22-49-15-12-42(3,24-49)41(51)52/h4-10,13,16-18,20,31,50H,11-12,14-15,21-24H2,1-3H3,(H,44,46)(H,51,52). The van der Waals surface area contributed by atoms with Crippen LogP contribution in [0.2, 0.25) is 0 Å². The monoisotopic (exact) mass is 707 g/mol. The first-order chi connectivity index (χ1) is 25.6. The molecule has 3 aromatic carbocycles. The summed E-state index contributed by atoms with van der Waals surface area (Å²) in [5, 5.41) is 34.1. The van der Waals surface area contributed by atoms with Crippen LogP contribution in [0.5, 0.6) is 0 Å². The molecular weight excluding hydrogens is 667 g/mol. The molecule has 5 heterocycles. The fraction of sp³-hybridized carbons (Fsp3) is 0.310. The quantitative estimate of drug-likeness (QED) is 0.140. The minimum Gasteiger partial charge on any atom is -0.481 e. The predicted molar refractivity (Wildman–Crippen MR) is 203 cm³/mol. The molecule has 2 atom stereocenters. The summed E-state index contributed by atoms with van der Waals surface area (Å²) in [7, 11) is 0. The molecule has 0 amide bonds. The first-order valence-corrected chi connectivity index (χ1v) is 18.0. The molecule has 0 spiro atoms. The summed E-state index contributed by atoms with van der Waals surface area (Å²) in [6.45, 7) is 9.95. The molecule has 2 fully saturated rings. The molecule has 8 rings (SSSR count). The lowest BCUT2D eigenvalue weighted by Crippen LogP contribution is -2.31. The number of carboxylic acid groups (broad SMARTS) is 1. The van der Waals surface area contributed by atoms with Gasteiger partial charge < -0.3 is 19.9 Å². The number of aliphatic carboxylic acids is 1. The number of nitrogens with zero attached hydrogens (tertiary/aromatic N) is 6. The summed E-state index contributed by atoms with van der Waals surface area (Å²) in [6.07, 6.45) is 4.72. The molecule has 0 radical (unpaired) electrons. The van der Waals surface area contributed by atoms with Crippen molar-refractivity contribution in [2.75, 3.05) is 31.5 Å². The number of carboxylic acids is 1. The van der Waals surface area contributed by atoms with Crippen LogP contribution in [0.3, 0.4) is 0 Å². The number of pyridine rings is 2. The maximum absolute atomic E-state index is 11.7. The Morgan fingerprint density at radius 3 is 2.53 bits per heavy atom. The Kier molecular flexibility index (Phi) is 8.90. The highest BCUT2D eigenvalue weighted by molar-refractivity contribution is 5.91. The van der Waals surface area contributed by atoms with Crippen LogP contribution in [0.15, 0.2) is 77.5 Å². The number of aliphatic hydroxyl groups excluding tert-OH is 1. The average molecular weight is 708 g/mol. The maximum atomic E-state index is 11.7. The largest absolute Gasteiger partial charge is 0.481 e. The number of benzene rings is 3. The van der Waals surface area contributed by atoms with Gasteiger partial charge in [-0.2, -0.15) is 5.26 Å². The van der Waals surface area contributed by atoms with Gasteiger partial charge in [-0.3, -0.25) is 19.6 Å². The van der Waals surface area contributed by atoms with Gasteiger partial charge in [0.1, 0.15) is 17.1 Å². The predicted octanol–water partition coefficient (Wildman–Crippen LogP) is 7.20. The maximum Gasteiger partial charge on any atom is 0.310 e. The van der Waals surface area contributed by atoms with Crippen molar-refractivity contribution < 1.29 is 19.4 Å². The molecule has 53 heavy (non-hydrogen) atoms. The lowest BCUT2D eigenvalue weighted by atomic mass is 9.90. The highest BCUT2D eigenvalue weighted by atomic mass is 16.4. The molecule has 3 aromatic heterocycles. The van der Waals surface area contributed by atoms with Crippen LogP contribution in [0.4, 0.5) is 11.5 Å². The number of β-amino-alcohol motifs (C(OH)–C–C–N with tert-alkyl or cyclic N) is 1. The van der Waals surface area contributed by atoms with Crippen molar-refractivity contribution in [1.82, 2.24) is 24.8 Å². The van der Waals surface area contributed by atoms with Crippen LogP contribution in [-0.4, -0.2) is 73.2 Å². The van der Waals surface area contributed by atoms with E-state index in [-0.39, 0.29) is 6.10 Å². The SMILES string of the molecule is Cc1c(Nc2nccc3cc(CN4CCC(C)(C(=O)O)C4)cnc23)cccc1-c1cccc(-c2nc3cc(CN4CCC(O)C4)cc(C#N)c3o2)c1C. The molecule has 0 bridgehead atoms. The number of aliphatic hydroxyl groups is 1. The lowest BCUT2D eigenvalue weighted by molar-refractivity contribution is -0.147. The molecule has 6 aromatic rings. The Labute approximate surface area is 307 Å². The third-order valence-corrected chi connectivity index (χ3v) is 10.9. The van der Waals surface area contributed by atoms with Gasteiger partial charge in [0.2, 0.25) is 5.89 Å². The number of nitrogens with one attached hydrogen (secondary N) is 1. The Balaban J connectivity index is 1.06. The summed E-state index contributed by atoms with van der Waals surface area (Å²) >= 11 is 0. The van der Waals surface area contributed by atoms with E-state index in [4.69, 9.17) is 14.4 Å². The number of rotatable bonds is 9. The molecule has 0 saturated carbocycles. The highest BCUT2D eigenvalue weighted by Crippen LogP contribution is 2.38. The van der Waals surface area contributed by atoms with Crippen molar-refractivity contribution in [3.05, 3.63) is 101 Å². The van der Waals surface area contributed by atoms with Gasteiger partial charge in [-0.1, -0.05) is 24.3 Å². The molecule has 11 nitrogen and oxygen atoms in total. The first kappa shape index (κ1) is 34.4. The minimum atomic E-state index is -0.746. The third-order valence-electron chi connectivity index (χ3n) is 10.9. The van der Waals surface area contributed by atoms with Crippen LogP contribution in [-0.2, 0) is 17.9 Å². The number of oxazole rings is 1. The first-order valence-electron chi connectivity index (χ1n) is 18.0. The topological polar surface area (TPSA) is 152 Å².